The van der Waals surface area contributed by atoms with Crippen LogP contribution in [0.3, 0.4) is 0 Å². The molecular weight excluding hydrogens is 368 g/mol. The third-order valence-electron chi connectivity index (χ3n) is 4.38. The van der Waals surface area contributed by atoms with Crippen LogP contribution in [0.1, 0.15) is 71.7 Å². The molecule has 0 aliphatic heterocycles. The third-order valence-corrected chi connectivity index (χ3v) is 4.38. The van der Waals surface area contributed by atoms with E-state index in [-0.39, 0.29) is 34.6 Å². The second-order valence-corrected chi connectivity index (χ2v) is 6.92. The third kappa shape index (κ3) is 2.65. The average molecular weight is 391 g/mol. The maximum absolute atomic E-state index is 13.1. The second kappa shape index (κ2) is 6.63. The van der Waals surface area contributed by atoms with E-state index < -0.39 is 0 Å². The van der Waals surface area contributed by atoms with Gasteiger partial charge in [-0.2, -0.15) is 0 Å². The summed E-state index contributed by atoms with van der Waals surface area (Å²) in [4.78, 5) is 26.1. The van der Waals surface area contributed by atoms with Crippen molar-refractivity contribution in [3.8, 4) is 0 Å². The Morgan fingerprint density at radius 2 is 1.54 bits per heavy atom. The first-order chi connectivity index (χ1) is 10.8. The van der Waals surface area contributed by atoms with Crippen molar-refractivity contribution < 1.29 is 31.1 Å². The number of rotatable bonds is 3. The highest BCUT2D eigenvalue weighted by Crippen LogP contribution is 2.29. The van der Waals surface area contributed by atoms with Crippen molar-refractivity contribution in [2.75, 3.05) is 0 Å². The summed E-state index contributed by atoms with van der Waals surface area (Å²) in [6.07, 6.45) is 0. The van der Waals surface area contributed by atoms with Gasteiger partial charge in [0.1, 0.15) is 0 Å². The SMILES string of the molecule is Cc1n(C(C)C)c2c([n+]1CC(C)C)C(=O)c1ccccc1C2=O.[Br-]. The summed E-state index contributed by atoms with van der Waals surface area (Å²) in [7, 11) is 0. The molecule has 3 rings (SSSR count). The van der Waals surface area contributed by atoms with E-state index in [4.69, 9.17) is 0 Å². The fraction of sp³-hybridized carbons (Fsp3) is 0.421. The highest BCUT2D eigenvalue weighted by molar-refractivity contribution is 6.26. The van der Waals surface area contributed by atoms with Crippen LogP contribution in [0.5, 0.6) is 0 Å². The van der Waals surface area contributed by atoms with E-state index in [9.17, 15) is 9.59 Å². The van der Waals surface area contributed by atoms with Crippen LogP contribution in [0.15, 0.2) is 24.3 Å². The topological polar surface area (TPSA) is 43.0 Å². The highest BCUT2D eigenvalue weighted by Gasteiger charge is 2.43. The van der Waals surface area contributed by atoms with Crippen LogP contribution >= 0.6 is 0 Å². The van der Waals surface area contributed by atoms with Crippen molar-refractivity contribution in [1.82, 2.24) is 4.57 Å². The number of ketones is 2. The molecule has 1 heterocycles. The van der Waals surface area contributed by atoms with Crippen molar-refractivity contribution in [2.45, 2.75) is 47.2 Å². The minimum absolute atomic E-state index is 0. The molecule has 0 radical (unpaired) electrons. The highest BCUT2D eigenvalue weighted by atomic mass is 79.9. The molecule has 0 fully saturated rings. The lowest BCUT2D eigenvalue weighted by molar-refractivity contribution is -0.709. The van der Waals surface area contributed by atoms with Crippen LogP contribution in [0.25, 0.3) is 0 Å². The van der Waals surface area contributed by atoms with Crippen LogP contribution in [0, 0.1) is 12.8 Å². The van der Waals surface area contributed by atoms with Crippen LogP contribution in [0.4, 0.5) is 0 Å². The molecule has 24 heavy (non-hydrogen) atoms. The normalized spacial score (nSPS) is 13.1. The monoisotopic (exact) mass is 390 g/mol. The van der Waals surface area contributed by atoms with Gasteiger partial charge in [-0.15, -0.1) is 0 Å². The molecule has 2 aromatic rings. The maximum atomic E-state index is 13.1. The van der Waals surface area contributed by atoms with Crippen molar-refractivity contribution in [3.05, 3.63) is 52.6 Å². The van der Waals surface area contributed by atoms with Gasteiger partial charge in [0.05, 0.1) is 12.6 Å². The molecule has 128 valence electrons. The number of fused-ring (bicyclic) bond motifs is 2. The summed E-state index contributed by atoms with van der Waals surface area (Å²) in [5.41, 5.74) is 2.12. The zero-order chi connectivity index (χ0) is 16.9. The van der Waals surface area contributed by atoms with Gasteiger partial charge in [0.15, 0.2) is 0 Å². The molecule has 0 amide bonds. The number of hydrogen-bond donors (Lipinski definition) is 0. The van der Waals surface area contributed by atoms with Crippen molar-refractivity contribution >= 4 is 11.6 Å². The van der Waals surface area contributed by atoms with Crippen LogP contribution in [-0.2, 0) is 6.54 Å². The van der Waals surface area contributed by atoms with E-state index in [1.807, 2.05) is 42.0 Å². The molecule has 0 unspecified atom stereocenters. The molecule has 0 saturated carbocycles. The molecular formula is C19H23BrN2O2. The predicted molar refractivity (Wildman–Crippen MR) is 87.9 cm³/mol. The van der Waals surface area contributed by atoms with Gasteiger partial charge >= 0.3 is 0 Å². The smallest absolute Gasteiger partial charge is 0.254 e. The molecule has 1 aliphatic carbocycles. The lowest BCUT2D eigenvalue weighted by Crippen LogP contribution is -3.00. The molecule has 4 nitrogen and oxygen atoms in total. The Kier molecular flexibility index (Phi) is 5.14. The van der Waals surface area contributed by atoms with E-state index in [0.717, 1.165) is 12.4 Å². The first kappa shape index (κ1) is 18.6. The van der Waals surface area contributed by atoms with Gasteiger partial charge in [-0.1, -0.05) is 38.1 Å². The minimum Gasteiger partial charge on any atom is -1.00 e. The summed E-state index contributed by atoms with van der Waals surface area (Å²) in [6, 6.07) is 7.25. The number of halogens is 1. The van der Waals surface area contributed by atoms with Gasteiger partial charge in [-0.25, -0.2) is 9.13 Å². The maximum Gasteiger partial charge on any atom is 0.254 e. The molecule has 0 spiro atoms. The summed E-state index contributed by atoms with van der Waals surface area (Å²) in [5, 5.41) is 0. The lowest BCUT2D eigenvalue weighted by atomic mass is 9.89. The molecule has 0 saturated heterocycles. The molecule has 0 atom stereocenters. The standard InChI is InChI=1S/C19H23N2O2.BrH/c1-11(2)10-20-13(5)21(12(3)4)17-16(20)18(22)14-8-6-7-9-15(14)19(17)23;/h6-9,11-12H,10H2,1-5H3;1H/q+1;/p-1. The number of carbonyl (C=O) groups is 2. The lowest BCUT2D eigenvalue weighted by Gasteiger charge is -2.14. The van der Waals surface area contributed by atoms with Gasteiger partial charge in [0.2, 0.25) is 23.0 Å². The van der Waals surface area contributed by atoms with Crippen molar-refractivity contribution in [2.24, 2.45) is 5.92 Å². The van der Waals surface area contributed by atoms with E-state index in [0.29, 0.717) is 28.4 Å². The van der Waals surface area contributed by atoms with Gasteiger partial charge in [-0.3, -0.25) is 9.59 Å². The molecule has 1 aliphatic rings. The largest absolute Gasteiger partial charge is 1.00 e. The average Bonchev–Trinajstić information content (AvgIpc) is 2.78. The Morgan fingerprint density at radius 1 is 1.00 bits per heavy atom. The molecule has 1 aromatic heterocycles. The van der Waals surface area contributed by atoms with Crippen LogP contribution in [0.2, 0.25) is 0 Å². The quantitative estimate of drug-likeness (QED) is 0.595. The number of aromatic nitrogens is 2. The fourth-order valence-corrected chi connectivity index (χ4v) is 3.50. The van der Waals surface area contributed by atoms with Crippen molar-refractivity contribution in [3.63, 3.8) is 0 Å². The van der Waals surface area contributed by atoms with Crippen molar-refractivity contribution in [1.29, 1.82) is 0 Å². The second-order valence-electron chi connectivity index (χ2n) is 6.92. The summed E-state index contributed by atoms with van der Waals surface area (Å²) in [6.45, 7) is 11.1. The Balaban J connectivity index is 0.00000208. The van der Waals surface area contributed by atoms with E-state index in [2.05, 4.69) is 13.8 Å². The molecule has 0 bridgehead atoms. The fourth-order valence-electron chi connectivity index (χ4n) is 3.50. The number of benzene rings is 1. The Morgan fingerprint density at radius 3 is 2.04 bits per heavy atom. The summed E-state index contributed by atoms with van der Waals surface area (Å²) >= 11 is 0. The number of carbonyl (C=O) groups excluding carboxylic acids is 2. The Labute approximate surface area is 153 Å². The van der Waals surface area contributed by atoms with E-state index in [1.54, 1.807) is 12.1 Å². The van der Waals surface area contributed by atoms with E-state index >= 15 is 0 Å². The number of nitrogens with zero attached hydrogens (tertiary/aromatic N) is 2. The zero-order valence-corrected chi connectivity index (χ0v) is 16.3. The summed E-state index contributed by atoms with van der Waals surface area (Å²) in [5.74, 6) is 1.27. The van der Waals surface area contributed by atoms with Gasteiger partial charge in [-0.05, 0) is 19.8 Å². The summed E-state index contributed by atoms with van der Waals surface area (Å²) < 4.78 is 4.03. The minimum atomic E-state index is -0.0468. The molecule has 5 heteroatoms. The van der Waals surface area contributed by atoms with Crippen LogP contribution < -0.4 is 21.5 Å². The number of hydrogen-bond acceptors (Lipinski definition) is 2. The molecule has 0 N–H and O–H groups in total. The van der Waals surface area contributed by atoms with Gasteiger partial charge in [0, 0.05) is 18.1 Å². The molecule has 1 aromatic carbocycles. The van der Waals surface area contributed by atoms with Gasteiger partial charge < -0.3 is 17.0 Å². The van der Waals surface area contributed by atoms with Crippen LogP contribution in [-0.4, -0.2) is 16.1 Å². The Bertz CT molecular complexity index is 819. The van der Waals surface area contributed by atoms with E-state index in [1.165, 1.54) is 0 Å². The van der Waals surface area contributed by atoms with Gasteiger partial charge in [0.25, 0.3) is 5.82 Å². The zero-order valence-electron chi connectivity index (χ0n) is 14.8. The first-order valence-corrected chi connectivity index (χ1v) is 8.17. The predicted octanol–water partition coefficient (Wildman–Crippen LogP) is 0.100. The Hall–Kier alpha value is -1.75. The first-order valence-electron chi connectivity index (χ1n) is 8.17. The number of imidazole rings is 1.